The third-order valence-electron chi connectivity index (χ3n) is 4.62. The Labute approximate surface area is 165 Å². The topological polar surface area (TPSA) is 59.2 Å². The minimum Gasteiger partial charge on any atom is -0.338 e. The smallest absolute Gasteiger partial charge is 0.253 e. The van der Waals surface area contributed by atoms with Crippen LogP contribution in [0.3, 0.4) is 0 Å². The van der Waals surface area contributed by atoms with E-state index in [1.807, 2.05) is 41.5 Å². The molecule has 138 valence electrons. The SMILES string of the molecule is Cc1nc(-c2cccc(C(=O)N3CCC(N)C(C)(C)C3)c2)cs1.Cl.Cl. The number of amides is 1. The molecule has 3 rings (SSSR count). The fraction of sp³-hybridized carbons (Fsp3) is 0.444. The van der Waals surface area contributed by atoms with Crippen molar-refractivity contribution in [3.8, 4) is 11.3 Å². The van der Waals surface area contributed by atoms with E-state index >= 15 is 0 Å². The molecule has 0 radical (unpaired) electrons. The van der Waals surface area contributed by atoms with Crippen LogP contribution in [0.1, 0.15) is 35.6 Å². The van der Waals surface area contributed by atoms with Gasteiger partial charge in [0.1, 0.15) is 0 Å². The van der Waals surface area contributed by atoms with E-state index in [2.05, 4.69) is 18.8 Å². The largest absolute Gasteiger partial charge is 0.338 e. The average Bonchev–Trinajstić information content (AvgIpc) is 2.96. The van der Waals surface area contributed by atoms with E-state index in [1.165, 1.54) is 0 Å². The number of aryl methyl sites for hydroxylation is 1. The summed E-state index contributed by atoms with van der Waals surface area (Å²) in [5, 5.41) is 3.06. The van der Waals surface area contributed by atoms with Crippen LogP contribution in [0.25, 0.3) is 11.3 Å². The minimum absolute atomic E-state index is 0. The van der Waals surface area contributed by atoms with E-state index < -0.39 is 0 Å². The standard InChI is InChI=1S/C18H23N3OS.2ClH/c1-12-20-15(10-23-12)13-5-4-6-14(9-13)17(22)21-8-7-16(19)18(2,3)11-21;;/h4-6,9-10,16H,7-8,11,19H2,1-3H3;2*1H. The molecule has 0 bridgehead atoms. The number of carbonyl (C=O) groups excluding carboxylic acids is 1. The first-order valence-corrected chi connectivity index (χ1v) is 8.82. The number of thiazole rings is 1. The first-order chi connectivity index (χ1) is 10.9. The summed E-state index contributed by atoms with van der Waals surface area (Å²) < 4.78 is 0. The van der Waals surface area contributed by atoms with E-state index in [4.69, 9.17) is 5.73 Å². The zero-order valence-corrected chi connectivity index (χ0v) is 17.1. The Morgan fingerprint density at radius 3 is 2.68 bits per heavy atom. The maximum Gasteiger partial charge on any atom is 0.253 e. The second kappa shape index (κ2) is 8.49. The predicted octanol–water partition coefficient (Wildman–Crippen LogP) is 4.16. The number of nitrogens with zero attached hydrogens (tertiary/aromatic N) is 2. The Morgan fingerprint density at radius 1 is 1.36 bits per heavy atom. The van der Waals surface area contributed by atoms with Gasteiger partial charge in [0, 0.05) is 35.6 Å². The van der Waals surface area contributed by atoms with Gasteiger partial charge in [-0.2, -0.15) is 0 Å². The molecule has 1 aliphatic rings. The monoisotopic (exact) mass is 401 g/mol. The van der Waals surface area contributed by atoms with Crippen LogP contribution in [0, 0.1) is 12.3 Å². The number of piperidine rings is 1. The Morgan fingerprint density at radius 2 is 2.08 bits per heavy atom. The number of hydrogen-bond donors (Lipinski definition) is 1. The van der Waals surface area contributed by atoms with Crippen molar-refractivity contribution in [3.63, 3.8) is 0 Å². The Balaban J connectivity index is 0.00000156. The number of likely N-dealkylation sites (tertiary alicyclic amines) is 1. The molecule has 1 fully saturated rings. The molecule has 1 aromatic heterocycles. The van der Waals surface area contributed by atoms with Crippen molar-refractivity contribution in [1.29, 1.82) is 0 Å². The molecule has 1 aromatic carbocycles. The molecule has 25 heavy (non-hydrogen) atoms. The number of aromatic nitrogens is 1. The fourth-order valence-electron chi connectivity index (χ4n) is 3.04. The lowest BCUT2D eigenvalue weighted by Crippen LogP contribution is -2.54. The Hall–Kier alpha value is -1.14. The van der Waals surface area contributed by atoms with E-state index in [9.17, 15) is 4.79 Å². The van der Waals surface area contributed by atoms with Gasteiger partial charge in [0.25, 0.3) is 5.91 Å². The van der Waals surface area contributed by atoms with Crippen LogP contribution >= 0.6 is 36.2 Å². The number of hydrogen-bond acceptors (Lipinski definition) is 4. The normalized spacial score (nSPS) is 18.9. The van der Waals surface area contributed by atoms with Gasteiger partial charge in [-0.15, -0.1) is 36.2 Å². The molecule has 1 unspecified atom stereocenters. The highest BCUT2D eigenvalue weighted by atomic mass is 35.5. The summed E-state index contributed by atoms with van der Waals surface area (Å²) in [5.41, 5.74) is 8.78. The molecular formula is C18H25Cl2N3OS. The van der Waals surface area contributed by atoms with Gasteiger partial charge in [0.2, 0.25) is 0 Å². The third kappa shape index (κ3) is 4.73. The highest BCUT2D eigenvalue weighted by Crippen LogP contribution is 2.29. The van der Waals surface area contributed by atoms with E-state index in [0.717, 1.165) is 34.8 Å². The van der Waals surface area contributed by atoms with Crippen LogP contribution in [0.15, 0.2) is 29.6 Å². The number of carbonyl (C=O) groups is 1. The van der Waals surface area contributed by atoms with Crippen molar-refractivity contribution in [3.05, 3.63) is 40.2 Å². The van der Waals surface area contributed by atoms with Gasteiger partial charge in [0.15, 0.2) is 0 Å². The molecule has 4 nitrogen and oxygen atoms in total. The Bertz CT molecular complexity index is 733. The second-order valence-electron chi connectivity index (χ2n) is 6.94. The van der Waals surface area contributed by atoms with Gasteiger partial charge in [-0.05, 0) is 30.9 Å². The molecule has 7 heteroatoms. The lowest BCUT2D eigenvalue weighted by molar-refractivity contribution is 0.0533. The van der Waals surface area contributed by atoms with Crippen LogP contribution in [-0.2, 0) is 0 Å². The summed E-state index contributed by atoms with van der Waals surface area (Å²) in [4.78, 5) is 19.3. The van der Waals surface area contributed by atoms with Crippen molar-refractivity contribution in [1.82, 2.24) is 9.88 Å². The molecule has 2 N–H and O–H groups in total. The molecule has 1 aliphatic heterocycles. The van der Waals surface area contributed by atoms with Crippen molar-refractivity contribution >= 4 is 42.1 Å². The summed E-state index contributed by atoms with van der Waals surface area (Å²) >= 11 is 1.62. The number of benzene rings is 1. The van der Waals surface area contributed by atoms with Crippen LogP contribution in [0.5, 0.6) is 0 Å². The molecule has 1 saturated heterocycles. The summed E-state index contributed by atoms with van der Waals surface area (Å²) in [6.07, 6.45) is 0.851. The minimum atomic E-state index is -0.0441. The van der Waals surface area contributed by atoms with Crippen LogP contribution in [-0.4, -0.2) is 34.9 Å². The summed E-state index contributed by atoms with van der Waals surface area (Å²) in [6.45, 7) is 7.68. The molecule has 0 aliphatic carbocycles. The maximum absolute atomic E-state index is 12.9. The molecule has 1 atom stereocenters. The first kappa shape index (κ1) is 21.9. The zero-order valence-electron chi connectivity index (χ0n) is 14.7. The van der Waals surface area contributed by atoms with Gasteiger partial charge in [-0.25, -0.2) is 4.98 Å². The summed E-state index contributed by atoms with van der Waals surface area (Å²) in [6, 6.07) is 7.90. The van der Waals surface area contributed by atoms with E-state index in [-0.39, 0.29) is 42.2 Å². The van der Waals surface area contributed by atoms with Crippen LogP contribution < -0.4 is 5.73 Å². The van der Waals surface area contributed by atoms with E-state index in [0.29, 0.717) is 6.54 Å². The van der Waals surface area contributed by atoms with Gasteiger partial charge in [-0.1, -0.05) is 26.0 Å². The second-order valence-corrected chi connectivity index (χ2v) is 8.01. The lowest BCUT2D eigenvalue weighted by atomic mass is 9.79. The molecular weight excluding hydrogens is 377 g/mol. The molecule has 1 amide bonds. The van der Waals surface area contributed by atoms with Crippen molar-refractivity contribution in [2.24, 2.45) is 11.1 Å². The molecule has 0 spiro atoms. The van der Waals surface area contributed by atoms with Gasteiger partial charge >= 0.3 is 0 Å². The van der Waals surface area contributed by atoms with Crippen molar-refractivity contribution in [2.75, 3.05) is 13.1 Å². The quantitative estimate of drug-likeness (QED) is 0.821. The summed E-state index contributed by atoms with van der Waals surface area (Å²) in [5.74, 6) is 0.0822. The number of halogens is 2. The third-order valence-corrected chi connectivity index (χ3v) is 5.40. The first-order valence-electron chi connectivity index (χ1n) is 7.94. The van der Waals surface area contributed by atoms with Gasteiger partial charge in [0.05, 0.1) is 10.7 Å². The molecule has 2 aromatic rings. The Kier molecular flexibility index (Phi) is 7.44. The summed E-state index contributed by atoms with van der Waals surface area (Å²) in [7, 11) is 0. The number of rotatable bonds is 2. The van der Waals surface area contributed by atoms with Crippen LogP contribution in [0.4, 0.5) is 0 Å². The predicted molar refractivity (Wildman–Crippen MR) is 109 cm³/mol. The fourth-order valence-corrected chi connectivity index (χ4v) is 3.66. The molecule has 0 saturated carbocycles. The van der Waals surface area contributed by atoms with Gasteiger partial charge in [-0.3, -0.25) is 4.79 Å². The van der Waals surface area contributed by atoms with Crippen molar-refractivity contribution < 1.29 is 4.79 Å². The maximum atomic E-state index is 12.9. The van der Waals surface area contributed by atoms with Crippen LogP contribution in [0.2, 0.25) is 0 Å². The highest BCUT2D eigenvalue weighted by molar-refractivity contribution is 7.09. The molecule has 2 heterocycles. The van der Waals surface area contributed by atoms with E-state index in [1.54, 1.807) is 11.3 Å². The van der Waals surface area contributed by atoms with Crippen molar-refractivity contribution in [2.45, 2.75) is 33.2 Å². The van der Waals surface area contributed by atoms with Gasteiger partial charge < -0.3 is 10.6 Å². The lowest BCUT2D eigenvalue weighted by Gasteiger charge is -2.42. The number of nitrogens with two attached hydrogens (primary N) is 1. The highest BCUT2D eigenvalue weighted by Gasteiger charge is 2.35. The average molecular weight is 402 g/mol. The zero-order chi connectivity index (χ0) is 16.6.